The van der Waals surface area contributed by atoms with Gasteiger partial charge in [-0.1, -0.05) is 42.5 Å². The summed E-state index contributed by atoms with van der Waals surface area (Å²) in [6.07, 6.45) is 0.744. The summed E-state index contributed by atoms with van der Waals surface area (Å²) in [6.45, 7) is 0.512. The molecule has 0 saturated carbocycles. The fourth-order valence-electron chi connectivity index (χ4n) is 2.32. The maximum atomic E-state index is 13.7. The molecule has 2 aromatic carbocycles. The minimum absolute atomic E-state index is 0.177. The standard InChI is InChI=1S/C19H16FNO2/c20-16-9-5-4-8-15(16)17-10-11-18(23-17)19(22)21-13-12-14-6-2-1-3-7-14/h1-11H,12-13H2,(H,21,22). The summed E-state index contributed by atoms with van der Waals surface area (Å²) >= 11 is 0. The number of furan rings is 1. The fourth-order valence-corrected chi connectivity index (χ4v) is 2.32. The van der Waals surface area contributed by atoms with Gasteiger partial charge in [0.25, 0.3) is 5.91 Å². The zero-order valence-electron chi connectivity index (χ0n) is 12.5. The molecule has 1 amide bonds. The first-order valence-electron chi connectivity index (χ1n) is 7.41. The van der Waals surface area contributed by atoms with E-state index < -0.39 is 0 Å². The van der Waals surface area contributed by atoms with Crippen molar-refractivity contribution in [3.05, 3.63) is 83.9 Å². The highest BCUT2D eigenvalue weighted by Crippen LogP contribution is 2.24. The van der Waals surface area contributed by atoms with E-state index in [1.54, 1.807) is 30.3 Å². The molecule has 0 aliphatic heterocycles. The summed E-state index contributed by atoms with van der Waals surface area (Å²) < 4.78 is 19.2. The van der Waals surface area contributed by atoms with E-state index >= 15 is 0 Å². The third-order valence-electron chi connectivity index (χ3n) is 3.51. The van der Waals surface area contributed by atoms with E-state index in [1.165, 1.54) is 6.07 Å². The zero-order chi connectivity index (χ0) is 16.1. The summed E-state index contributed by atoms with van der Waals surface area (Å²) in [5.74, 6) is -0.158. The van der Waals surface area contributed by atoms with Crippen molar-refractivity contribution >= 4 is 5.91 Å². The van der Waals surface area contributed by atoms with Crippen LogP contribution in [-0.4, -0.2) is 12.5 Å². The largest absolute Gasteiger partial charge is 0.451 e. The van der Waals surface area contributed by atoms with Gasteiger partial charge in [0.15, 0.2) is 5.76 Å². The van der Waals surface area contributed by atoms with Crippen molar-refractivity contribution in [1.29, 1.82) is 0 Å². The topological polar surface area (TPSA) is 42.2 Å². The molecule has 0 bridgehead atoms. The van der Waals surface area contributed by atoms with Gasteiger partial charge in [-0.15, -0.1) is 0 Å². The zero-order valence-corrected chi connectivity index (χ0v) is 12.5. The first-order chi connectivity index (χ1) is 11.2. The Labute approximate surface area is 133 Å². The van der Waals surface area contributed by atoms with Gasteiger partial charge < -0.3 is 9.73 Å². The van der Waals surface area contributed by atoms with Crippen LogP contribution >= 0.6 is 0 Å². The van der Waals surface area contributed by atoms with E-state index in [2.05, 4.69) is 5.32 Å². The Balaban J connectivity index is 1.62. The number of hydrogen-bond acceptors (Lipinski definition) is 2. The number of benzene rings is 2. The molecule has 0 spiro atoms. The highest BCUT2D eigenvalue weighted by molar-refractivity contribution is 5.92. The molecule has 0 aliphatic carbocycles. The van der Waals surface area contributed by atoms with Crippen molar-refractivity contribution in [2.75, 3.05) is 6.54 Å². The summed E-state index contributed by atoms with van der Waals surface area (Å²) in [6, 6.07) is 19.4. The van der Waals surface area contributed by atoms with Crippen LogP contribution in [0, 0.1) is 5.82 Å². The molecule has 3 rings (SSSR count). The van der Waals surface area contributed by atoms with Crippen LogP contribution in [0.15, 0.2) is 71.1 Å². The van der Waals surface area contributed by atoms with Crippen LogP contribution < -0.4 is 5.32 Å². The molecule has 3 nitrogen and oxygen atoms in total. The van der Waals surface area contributed by atoms with Gasteiger partial charge in [0.05, 0.1) is 5.56 Å². The van der Waals surface area contributed by atoms with Gasteiger partial charge in [-0.05, 0) is 36.2 Å². The van der Waals surface area contributed by atoms with Crippen LogP contribution in [0.4, 0.5) is 4.39 Å². The van der Waals surface area contributed by atoms with Crippen molar-refractivity contribution in [2.45, 2.75) is 6.42 Å². The number of carbonyl (C=O) groups excluding carboxylic acids is 1. The van der Waals surface area contributed by atoms with Gasteiger partial charge in [-0.2, -0.15) is 0 Å². The Hall–Kier alpha value is -2.88. The lowest BCUT2D eigenvalue weighted by molar-refractivity contribution is 0.0927. The number of nitrogens with one attached hydrogen (secondary N) is 1. The van der Waals surface area contributed by atoms with Crippen molar-refractivity contribution < 1.29 is 13.6 Å². The van der Waals surface area contributed by atoms with Crippen LogP contribution in [-0.2, 0) is 6.42 Å². The van der Waals surface area contributed by atoms with E-state index in [-0.39, 0.29) is 17.5 Å². The van der Waals surface area contributed by atoms with Crippen molar-refractivity contribution in [3.8, 4) is 11.3 Å². The summed E-state index contributed by atoms with van der Waals surface area (Å²) in [4.78, 5) is 12.1. The highest BCUT2D eigenvalue weighted by atomic mass is 19.1. The third-order valence-corrected chi connectivity index (χ3v) is 3.51. The second kappa shape index (κ2) is 6.92. The van der Waals surface area contributed by atoms with E-state index in [9.17, 15) is 9.18 Å². The molecule has 1 aromatic heterocycles. The maximum Gasteiger partial charge on any atom is 0.287 e. The molecular weight excluding hydrogens is 293 g/mol. The van der Waals surface area contributed by atoms with Crippen LogP contribution in [0.5, 0.6) is 0 Å². The normalized spacial score (nSPS) is 10.5. The SMILES string of the molecule is O=C(NCCc1ccccc1)c1ccc(-c2ccccc2F)o1. The van der Waals surface area contributed by atoms with Crippen LogP contribution in [0.3, 0.4) is 0 Å². The Bertz CT molecular complexity index is 796. The maximum absolute atomic E-state index is 13.7. The molecule has 0 unspecified atom stereocenters. The highest BCUT2D eigenvalue weighted by Gasteiger charge is 2.13. The number of rotatable bonds is 5. The Morgan fingerprint density at radius 2 is 1.70 bits per heavy atom. The first kappa shape index (κ1) is 15.0. The van der Waals surface area contributed by atoms with E-state index in [0.29, 0.717) is 17.9 Å². The number of halogens is 1. The predicted molar refractivity (Wildman–Crippen MR) is 86.6 cm³/mol. The molecule has 4 heteroatoms. The minimum atomic E-state index is -0.377. The Kier molecular flexibility index (Phi) is 4.52. The van der Waals surface area contributed by atoms with Gasteiger partial charge in [0.1, 0.15) is 11.6 Å². The van der Waals surface area contributed by atoms with Crippen LogP contribution in [0.1, 0.15) is 16.1 Å². The van der Waals surface area contributed by atoms with Crippen molar-refractivity contribution in [1.82, 2.24) is 5.32 Å². The van der Waals surface area contributed by atoms with Crippen LogP contribution in [0.2, 0.25) is 0 Å². The Morgan fingerprint density at radius 1 is 0.957 bits per heavy atom. The second-order valence-electron chi connectivity index (χ2n) is 5.14. The molecule has 1 N–H and O–H groups in total. The van der Waals surface area contributed by atoms with Crippen molar-refractivity contribution in [2.24, 2.45) is 0 Å². The lowest BCUT2D eigenvalue weighted by atomic mass is 10.1. The van der Waals surface area contributed by atoms with Gasteiger partial charge in [-0.25, -0.2) is 4.39 Å². The first-order valence-corrected chi connectivity index (χ1v) is 7.41. The Morgan fingerprint density at radius 3 is 2.48 bits per heavy atom. The molecule has 116 valence electrons. The number of amides is 1. The summed E-state index contributed by atoms with van der Waals surface area (Å²) in [5.41, 5.74) is 1.50. The van der Waals surface area contributed by atoms with E-state index in [4.69, 9.17) is 4.42 Å². The molecule has 0 saturated heterocycles. The molecular formula is C19H16FNO2. The van der Waals surface area contributed by atoms with E-state index in [1.807, 2.05) is 30.3 Å². The average molecular weight is 309 g/mol. The molecule has 0 radical (unpaired) electrons. The van der Waals surface area contributed by atoms with Gasteiger partial charge in [0.2, 0.25) is 0 Å². The number of carbonyl (C=O) groups is 1. The number of hydrogen-bond donors (Lipinski definition) is 1. The monoisotopic (exact) mass is 309 g/mol. The molecule has 0 fully saturated rings. The summed E-state index contributed by atoms with van der Waals surface area (Å²) in [7, 11) is 0. The summed E-state index contributed by atoms with van der Waals surface area (Å²) in [5, 5.41) is 2.80. The molecule has 0 aliphatic rings. The second-order valence-corrected chi connectivity index (χ2v) is 5.14. The van der Waals surface area contributed by atoms with Gasteiger partial charge >= 0.3 is 0 Å². The smallest absolute Gasteiger partial charge is 0.287 e. The van der Waals surface area contributed by atoms with Gasteiger partial charge in [-0.3, -0.25) is 4.79 Å². The lowest BCUT2D eigenvalue weighted by Gasteiger charge is -2.03. The predicted octanol–water partition coefficient (Wildman–Crippen LogP) is 4.06. The average Bonchev–Trinajstić information content (AvgIpc) is 3.06. The molecule has 1 heterocycles. The van der Waals surface area contributed by atoms with Gasteiger partial charge in [0, 0.05) is 6.54 Å². The fraction of sp³-hybridized carbons (Fsp3) is 0.105. The minimum Gasteiger partial charge on any atom is -0.451 e. The van der Waals surface area contributed by atoms with E-state index in [0.717, 1.165) is 12.0 Å². The van der Waals surface area contributed by atoms with Crippen LogP contribution in [0.25, 0.3) is 11.3 Å². The van der Waals surface area contributed by atoms with Crippen molar-refractivity contribution in [3.63, 3.8) is 0 Å². The molecule has 23 heavy (non-hydrogen) atoms. The lowest BCUT2D eigenvalue weighted by Crippen LogP contribution is -2.25. The quantitative estimate of drug-likeness (QED) is 0.772. The third kappa shape index (κ3) is 3.66. The molecule has 3 aromatic rings. The molecule has 0 atom stereocenters.